The van der Waals surface area contributed by atoms with Gasteiger partial charge < -0.3 is 5.32 Å². The number of aliphatic imine (C=N–C) groups is 2. The van der Waals surface area contributed by atoms with E-state index >= 15 is 0 Å². The van der Waals surface area contributed by atoms with Crippen LogP contribution in [-0.4, -0.2) is 11.7 Å². The first-order chi connectivity index (χ1) is 27.2. The third kappa shape index (κ3) is 6.34. The molecule has 264 valence electrons. The van der Waals surface area contributed by atoms with Crippen LogP contribution in [0.15, 0.2) is 180 Å². The van der Waals surface area contributed by atoms with Gasteiger partial charge in [-0.2, -0.15) is 0 Å². The fourth-order valence-electron chi connectivity index (χ4n) is 8.24. The number of rotatable bonds is 7. The minimum atomic E-state index is -0.373. The Balaban J connectivity index is 1.19. The highest BCUT2D eigenvalue weighted by molar-refractivity contribution is 6.18. The molecule has 1 aliphatic carbocycles. The van der Waals surface area contributed by atoms with Gasteiger partial charge in [-0.1, -0.05) is 183 Å². The minimum Gasteiger partial charge on any atom is -0.324 e. The van der Waals surface area contributed by atoms with E-state index in [1.54, 1.807) is 0 Å². The lowest BCUT2D eigenvalue weighted by atomic mass is 9.85. The van der Waals surface area contributed by atoms with Crippen molar-refractivity contribution in [1.82, 2.24) is 5.32 Å². The SMILES string of the molecule is C=C/C=c1/c2c(c3cc(-c4ccccc4-c4ccccc4-c4ccccc4C4=NC(c5ccccc5)N=C(c5ccccc5)N4)ccc3c1=CC)C=CCC2. The number of hydrogen-bond donors (Lipinski definition) is 1. The third-order valence-corrected chi connectivity index (χ3v) is 10.8. The van der Waals surface area contributed by atoms with E-state index in [1.165, 1.54) is 54.6 Å². The highest BCUT2D eigenvalue weighted by atomic mass is 15.2. The van der Waals surface area contributed by atoms with Crippen molar-refractivity contribution in [2.45, 2.75) is 25.9 Å². The number of amidine groups is 2. The molecule has 0 radical (unpaired) electrons. The van der Waals surface area contributed by atoms with Gasteiger partial charge in [0.2, 0.25) is 0 Å². The van der Waals surface area contributed by atoms with Crippen molar-refractivity contribution in [3.8, 4) is 33.4 Å². The van der Waals surface area contributed by atoms with Gasteiger partial charge in [-0.3, -0.25) is 0 Å². The van der Waals surface area contributed by atoms with Crippen LogP contribution >= 0.6 is 0 Å². The predicted octanol–water partition coefficient (Wildman–Crippen LogP) is 11.1. The molecule has 1 unspecified atom stereocenters. The van der Waals surface area contributed by atoms with Crippen molar-refractivity contribution in [2.75, 3.05) is 0 Å². The van der Waals surface area contributed by atoms with Crippen molar-refractivity contribution in [3.05, 3.63) is 209 Å². The van der Waals surface area contributed by atoms with Gasteiger partial charge in [-0.05, 0) is 97.1 Å². The molecule has 0 amide bonds. The van der Waals surface area contributed by atoms with E-state index in [2.05, 4.69) is 158 Å². The second kappa shape index (κ2) is 14.9. The summed E-state index contributed by atoms with van der Waals surface area (Å²) in [5.74, 6) is 1.60. The highest BCUT2D eigenvalue weighted by Gasteiger charge is 2.24. The molecular formula is C52H41N3. The van der Waals surface area contributed by atoms with E-state index in [4.69, 9.17) is 9.98 Å². The Hall–Kier alpha value is -6.84. The van der Waals surface area contributed by atoms with Gasteiger partial charge in [-0.15, -0.1) is 0 Å². The molecule has 0 spiro atoms. The van der Waals surface area contributed by atoms with Crippen LogP contribution in [0.3, 0.4) is 0 Å². The summed E-state index contributed by atoms with van der Waals surface area (Å²) >= 11 is 0. The lowest BCUT2D eigenvalue weighted by Gasteiger charge is -2.24. The summed E-state index contributed by atoms with van der Waals surface area (Å²) in [7, 11) is 0. The van der Waals surface area contributed by atoms with Crippen LogP contribution in [0, 0.1) is 0 Å². The average Bonchev–Trinajstić information content (AvgIpc) is 3.27. The molecule has 3 nitrogen and oxygen atoms in total. The maximum Gasteiger partial charge on any atom is 0.169 e. The molecule has 1 heterocycles. The highest BCUT2D eigenvalue weighted by Crippen LogP contribution is 2.40. The normalized spacial score (nSPS) is 15.6. The Labute approximate surface area is 322 Å². The summed E-state index contributed by atoms with van der Waals surface area (Å²) in [6, 6.07) is 53.8. The van der Waals surface area contributed by atoms with Crippen LogP contribution < -0.4 is 15.8 Å². The third-order valence-electron chi connectivity index (χ3n) is 10.8. The summed E-state index contributed by atoms with van der Waals surface area (Å²) in [5, 5.41) is 8.76. The molecule has 9 rings (SSSR count). The van der Waals surface area contributed by atoms with Gasteiger partial charge >= 0.3 is 0 Å². The fraction of sp³-hybridized carbons (Fsp3) is 0.0769. The van der Waals surface area contributed by atoms with Gasteiger partial charge in [0.15, 0.2) is 6.17 Å². The Morgan fingerprint density at radius 1 is 0.582 bits per heavy atom. The summed E-state index contributed by atoms with van der Waals surface area (Å²) < 4.78 is 0. The first-order valence-electron chi connectivity index (χ1n) is 19.1. The lowest BCUT2D eigenvalue weighted by Crippen LogP contribution is -2.36. The molecule has 7 aromatic rings. The molecule has 1 N–H and O–H groups in total. The number of nitrogens with one attached hydrogen (secondary N) is 1. The zero-order valence-corrected chi connectivity index (χ0v) is 30.9. The molecule has 55 heavy (non-hydrogen) atoms. The van der Waals surface area contributed by atoms with Crippen LogP contribution in [-0.2, 0) is 6.42 Å². The van der Waals surface area contributed by atoms with E-state index < -0.39 is 0 Å². The van der Waals surface area contributed by atoms with E-state index in [1.807, 2.05) is 42.5 Å². The van der Waals surface area contributed by atoms with E-state index in [9.17, 15) is 0 Å². The summed E-state index contributed by atoms with van der Waals surface area (Å²) in [5.41, 5.74) is 12.8. The van der Waals surface area contributed by atoms with E-state index in [0.29, 0.717) is 0 Å². The largest absolute Gasteiger partial charge is 0.324 e. The van der Waals surface area contributed by atoms with Crippen molar-refractivity contribution < 1.29 is 0 Å². The molecule has 7 aromatic carbocycles. The van der Waals surface area contributed by atoms with E-state index in [0.717, 1.165) is 52.3 Å². The Morgan fingerprint density at radius 3 is 1.84 bits per heavy atom. The van der Waals surface area contributed by atoms with Crippen molar-refractivity contribution in [2.24, 2.45) is 9.98 Å². The minimum absolute atomic E-state index is 0.373. The Bertz CT molecular complexity index is 2810. The predicted molar refractivity (Wildman–Crippen MR) is 233 cm³/mol. The molecule has 1 atom stereocenters. The maximum atomic E-state index is 5.25. The van der Waals surface area contributed by atoms with Crippen molar-refractivity contribution in [3.63, 3.8) is 0 Å². The summed E-state index contributed by atoms with van der Waals surface area (Å²) in [4.78, 5) is 10.3. The lowest BCUT2D eigenvalue weighted by molar-refractivity contribution is 0.756. The Morgan fingerprint density at radius 2 is 1.16 bits per heavy atom. The van der Waals surface area contributed by atoms with Crippen LogP contribution in [0.1, 0.15) is 47.3 Å². The molecule has 2 aliphatic rings. The number of fused-ring (bicyclic) bond motifs is 3. The quantitative estimate of drug-likeness (QED) is 0.176. The van der Waals surface area contributed by atoms with E-state index in [-0.39, 0.29) is 6.17 Å². The zero-order valence-electron chi connectivity index (χ0n) is 30.9. The molecule has 3 heteroatoms. The van der Waals surface area contributed by atoms with Crippen LogP contribution in [0.2, 0.25) is 0 Å². The zero-order chi connectivity index (χ0) is 37.1. The summed E-state index contributed by atoms with van der Waals surface area (Å²) in [6.07, 6.45) is 12.7. The standard InChI is InChI=1S/C52H41N3/c1-3-19-40-38(4-2)47-33-32-37(34-49(47)46-30-16-15-26-42(40)46)39-24-11-12-25-41(39)43-27-13-14-28-44(43)45-29-17-18-31-48(45)52-54-50(35-20-7-5-8-21-35)53-51(55-52)36-22-9-6-10-23-36/h3-14,16-25,27-34,50H,1,15,26H2,2H3,(H,53,54,55)/b38-4?,40-19+. The van der Waals surface area contributed by atoms with Gasteiger partial charge in [0.05, 0.1) is 0 Å². The van der Waals surface area contributed by atoms with Crippen LogP contribution in [0.25, 0.3) is 62.4 Å². The second-order valence-corrected chi connectivity index (χ2v) is 14.0. The number of hydrogen-bond acceptors (Lipinski definition) is 3. The first-order valence-corrected chi connectivity index (χ1v) is 19.1. The topological polar surface area (TPSA) is 36.8 Å². The van der Waals surface area contributed by atoms with Crippen LogP contribution in [0.4, 0.5) is 0 Å². The van der Waals surface area contributed by atoms with Gasteiger partial charge in [0.25, 0.3) is 0 Å². The monoisotopic (exact) mass is 707 g/mol. The Kier molecular flexibility index (Phi) is 9.19. The summed E-state index contributed by atoms with van der Waals surface area (Å²) in [6.45, 7) is 6.18. The molecule has 0 fully saturated rings. The fourth-order valence-corrected chi connectivity index (χ4v) is 8.24. The van der Waals surface area contributed by atoms with Crippen molar-refractivity contribution in [1.29, 1.82) is 0 Å². The average molecular weight is 708 g/mol. The molecule has 0 aromatic heterocycles. The second-order valence-electron chi connectivity index (χ2n) is 14.0. The number of allylic oxidation sites excluding steroid dienone is 2. The van der Waals surface area contributed by atoms with Gasteiger partial charge in [-0.25, -0.2) is 9.98 Å². The molecule has 0 saturated heterocycles. The molecule has 1 aliphatic heterocycles. The molecule has 0 saturated carbocycles. The van der Waals surface area contributed by atoms with Crippen LogP contribution in [0.5, 0.6) is 0 Å². The number of nitrogens with zero attached hydrogens (tertiary/aromatic N) is 2. The maximum absolute atomic E-state index is 5.25. The molecular weight excluding hydrogens is 667 g/mol. The van der Waals surface area contributed by atoms with Gasteiger partial charge in [0.1, 0.15) is 11.7 Å². The van der Waals surface area contributed by atoms with Crippen molar-refractivity contribution >= 4 is 40.7 Å². The molecule has 0 bridgehead atoms. The first kappa shape index (κ1) is 34.0. The smallest absolute Gasteiger partial charge is 0.169 e. The number of benzene rings is 7. The van der Waals surface area contributed by atoms with Gasteiger partial charge in [0, 0.05) is 11.1 Å².